The molecule has 136 valence electrons. The number of aliphatic hydroxyl groups is 1. The van der Waals surface area contributed by atoms with E-state index in [4.69, 9.17) is 14.4 Å². The van der Waals surface area contributed by atoms with Crippen LogP contribution in [0.1, 0.15) is 47.6 Å². The summed E-state index contributed by atoms with van der Waals surface area (Å²) in [6.07, 6.45) is 0.544. The van der Waals surface area contributed by atoms with Crippen molar-refractivity contribution >= 4 is 5.91 Å². The Kier molecular flexibility index (Phi) is 6.58. The molecule has 0 aliphatic heterocycles. The lowest BCUT2D eigenvalue weighted by Crippen LogP contribution is -2.39. The Hall–Kier alpha value is -2.34. The Labute approximate surface area is 148 Å². The first-order chi connectivity index (χ1) is 11.9. The lowest BCUT2D eigenvalue weighted by atomic mass is 10.0. The summed E-state index contributed by atoms with van der Waals surface area (Å²) >= 11 is 0. The van der Waals surface area contributed by atoms with Crippen molar-refractivity contribution in [2.45, 2.75) is 46.8 Å². The lowest BCUT2D eigenvalue weighted by Gasteiger charge is -2.21. The van der Waals surface area contributed by atoms with Gasteiger partial charge >= 0.3 is 0 Å². The largest absolute Gasteiger partial charge is 0.489 e. The zero-order valence-corrected chi connectivity index (χ0v) is 15.2. The van der Waals surface area contributed by atoms with E-state index in [1.807, 2.05) is 27.7 Å². The normalized spacial score (nSPS) is 12.2. The third-order valence-corrected chi connectivity index (χ3v) is 4.24. The Balaban J connectivity index is 1.96. The van der Waals surface area contributed by atoms with Crippen LogP contribution in [0.3, 0.4) is 0 Å². The number of carbonyl (C=O) groups excluding carboxylic acids is 1. The highest BCUT2D eigenvalue weighted by Crippen LogP contribution is 2.18. The molecule has 0 radical (unpaired) electrons. The first-order valence-electron chi connectivity index (χ1n) is 8.48. The number of rotatable bonds is 8. The second-order valence-electron chi connectivity index (χ2n) is 6.45. The fraction of sp³-hybridized carbons (Fsp3) is 0.474. The molecule has 0 aliphatic carbocycles. The molecule has 0 fully saturated rings. The number of nitrogens with one attached hydrogen (secondary N) is 1. The fourth-order valence-electron chi connectivity index (χ4n) is 2.53. The standard InChI is InChI=1S/C19H26N2O4/c1-12(2)18(9-10-22)20-19(23)15-5-7-16(8-6-15)24-11-17-13(3)21-25-14(17)4/h5-8,12,18,22H,9-11H2,1-4H3,(H,20,23). The van der Waals surface area contributed by atoms with Gasteiger partial charge in [-0.25, -0.2) is 0 Å². The van der Waals surface area contributed by atoms with E-state index in [-0.39, 0.29) is 24.5 Å². The number of ether oxygens (including phenoxy) is 1. The average Bonchev–Trinajstić information content (AvgIpc) is 2.91. The molecule has 1 atom stereocenters. The Morgan fingerprint density at radius 1 is 1.28 bits per heavy atom. The maximum absolute atomic E-state index is 12.3. The molecular formula is C19H26N2O4. The van der Waals surface area contributed by atoms with Gasteiger partial charge in [0, 0.05) is 18.2 Å². The second-order valence-corrected chi connectivity index (χ2v) is 6.45. The number of hydrogen-bond donors (Lipinski definition) is 2. The monoisotopic (exact) mass is 346 g/mol. The van der Waals surface area contributed by atoms with Crippen LogP contribution >= 0.6 is 0 Å². The zero-order chi connectivity index (χ0) is 18.4. The molecular weight excluding hydrogens is 320 g/mol. The van der Waals surface area contributed by atoms with Crippen LogP contribution in [0.4, 0.5) is 0 Å². The number of aliphatic hydroxyl groups excluding tert-OH is 1. The van der Waals surface area contributed by atoms with Crippen LogP contribution in [-0.4, -0.2) is 28.8 Å². The third-order valence-electron chi connectivity index (χ3n) is 4.24. The summed E-state index contributed by atoms with van der Waals surface area (Å²) < 4.78 is 10.8. The van der Waals surface area contributed by atoms with Gasteiger partial charge in [0.1, 0.15) is 18.1 Å². The van der Waals surface area contributed by atoms with Gasteiger partial charge in [0.2, 0.25) is 0 Å². The molecule has 0 aliphatic rings. The van der Waals surface area contributed by atoms with Crippen molar-refractivity contribution in [2.75, 3.05) is 6.61 Å². The fourth-order valence-corrected chi connectivity index (χ4v) is 2.53. The molecule has 2 rings (SSSR count). The molecule has 1 unspecified atom stereocenters. The molecule has 1 amide bonds. The molecule has 1 aromatic carbocycles. The van der Waals surface area contributed by atoms with E-state index < -0.39 is 0 Å². The Bertz CT molecular complexity index is 672. The summed E-state index contributed by atoms with van der Waals surface area (Å²) in [7, 11) is 0. The van der Waals surface area contributed by atoms with Crippen LogP contribution in [-0.2, 0) is 6.61 Å². The van der Waals surface area contributed by atoms with E-state index in [2.05, 4.69) is 10.5 Å². The number of aromatic nitrogens is 1. The molecule has 0 saturated carbocycles. The van der Waals surface area contributed by atoms with Crippen LogP contribution in [0, 0.1) is 19.8 Å². The molecule has 0 spiro atoms. The topological polar surface area (TPSA) is 84.6 Å². The molecule has 1 heterocycles. The van der Waals surface area contributed by atoms with Crippen LogP contribution in [0.5, 0.6) is 5.75 Å². The predicted molar refractivity (Wildman–Crippen MR) is 94.5 cm³/mol. The number of nitrogens with zero attached hydrogens (tertiary/aromatic N) is 1. The Morgan fingerprint density at radius 3 is 2.48 bits per heavy atom. The molecule has 25 heavy (non-hydrogen) atoms. The number of carbonyl (C=O) groups is 1. The van der Waals surface area contributed by atoms with Crippen molar-refractivity contribution in [1.29, 1.82) is 0 Å². The first-order valence-corrected chi connectivity index (χ1v) is 8.48. The van der Waals surface area contributed by atoms with Crippen molar-refractivity contribution in [2.24, 2.45) is 5.92 Å². The summed E-state index contributed by atoms with van der Waals surface area (Å²) in [5.74, 6) is 1.53. The highest BCUT2D eigenvalue weighted by Gasteiger charge is 2.17. The van der Waals surface area contributed by atoms with E-state index in [0.717, 1.165) is 17.0 Å². The maximum atomic E-state index is 12.3. The van der Waals surface area contributed by atoms with Gasteiger partial charge in [-0.2, -0.15) is 0 Å². The minimum Gasteiger partial charge on any atom is -0.489 e. The molecule has 6 heteroatoms. The van der Waals surface area contributed by atoms with E-state index in [1.54, 1.807) is 24.3 Å². The van der Waals surface area contributed by atoms with Crippen LogP contribution < -0.4 is 10.1 Å². The van der Waals surface area contributed by atoms with Gasteiger partial charge in [-0.3, -0.25) is 4.79 Å². The predicted octanol–water partition coefficient (Wildman–Crippen LogP) is 3.01. The van der Waals surface area contributed by atoms with Crippen molar-refractivity contribution in [1.82, 2.24) is 10.5 Å². The number of benzene rings is 1. The summed E-state index contributed by atoms with van der Waals surface area (Å²) in [6.45, 7) is 8.19. The molecule has 2 aromatic rings. The maximum Gasteiger partial charge on any atom is 0.251 e. The number of aryl methyl sites for hydroxylation is 2. The summed E-state index contributed by atoms with van der Waals surface area (Å²) in [5.41, 5.74) is 2.32. The lowest BCUT2D eigenvalue weighted by molar-refractivity contribution is 0.0916. The smallest absolute Gasteiger partial charge is 0.251 e. The van der Waals surface area contributed by atoms with Gasteiger partial charge in [-0.15, -0.1) is 0 Å². The number of hydrogen-bond acceptors (Lipinski definition) is 5. The van der Waals surface area contributed by atoms with Gasteiger partial charge in [0.15, 0.2) is 0 Å². The van der Waals surface area contributed by atoms with E-state index in [9.17, 15) is 4.79 Å². The van der Waals surface area contributed by atoms with Gasteiger partial charge in [0.25, 0.3) is 5.91 Å². The van der Waals surface area contributed by atoms with Gasteiger partial charge in [-0.05, 0) is 50.5 Å². The molecule has 6 nitrogen and oxygen atoms in total. The van der Waals surface area contributed by atoms with Crippen molar-refractivity contribution in [3.05, 3.63) is 46.8 Å². The summed E-state index contributed by atoms with van der Waals surface area (Å²) in [4.78, 5) is 12.3. The van der Waals surface area contributed by atoms with Crippen molar-refractivity contribution < 1.29 is 19.2 Å². The molecule has 2 N–H and O–H groups in total. The van der Waals surface area contributed by atoms with Crippen LogP contribution in [0.15, 0.2) is 28.8 Å². The summed E-state index contributed by atoms with van der Waals surface area (Å²) in [6, 6.07) is 6.95. The van der Waals surface area contributed by atoms with Crippen molar-refractivity contribution in [3.8, 4) is 5.75 Å². The molecule has 0 bridgehead atoms. The van der Waals surface area contributed by atoms with Gasteiger partial charge < -0.3 is 19.7 Å². The zero-order valence-electron chi connectivity index (χ0n) is 15.2. The Morgan fingerprint density at radius 2 is 1.96 bits per heavy atom. The van der Waals surface area contributed by atoms with E-state index >= 15 is 0 Å². The first kappa shape index (κ1) is 19.0. The third kappa shape index (κ3) is 5.06. The van der Waals surface area contributed by atoms with E-state index in [1.165, 1.54) is 0 Å². The van der Waals surface area contributed by atoms with Crippen molar-refractivity contribution in [3.63, 3.8) is 0 Å². The molecule has 1 aromatic heterocycles. The van der Waals surface area contributed by atoms with Crippen LogP contribution in [0.2, 0.25) is 0 Å². The second kappa shape index (κ2) is 8.67. The quantitative estimate of drug-likeness (QED) is 0.767. The minimum atomic E-state index is -0.149. The number of amides is 1. The van der Waals surface area contributed by atoms with Crippen LogP contribution in [0.25, 0.3) is 0 Å². The average molecular weight is 346 g/mol. The highest BCUT2D eigenvalue weighted by atomic mass is 16.5. The van der Waals surface area contributed by atoms with Gasteiger partial charge in [-0.1, -0.05) is 19.0 Å². The minimum absolute atomic E-state index is 0.0482. The SMILES string of the molecule is Cc1noc(C)c1COc1ccc(C(=O)NC(CCO)C(C)C)cc1. The summed E-state index contributed by atoms with van der Waals surface area (Å²) in [5, 5.41) is 16.0. The molecule has 0 saturated heterocycles. The highest BCUT2D eigenvalue weighted by molar-refractivity contribution is 5.94. The van der Waals surface area contributed by atoms with Gasteiger partial charge in [0.05, 0.1) is 11.3 Å². The van der Waals surface area contributed by atoms with E-state index in [0.29, 0.717) is 24.3 Å².